The smallest absolute Gasteiger partial charge is 0.147 e. The van der Waals surface area contributed by atoms with Gasteiger partial charge in [-0.1, -0.05) is 0 Å². The van der Waals surface area contributed by atoms with Crippen molar-refractivity contribution in [2.45, 2.75) is 32.9 Å². The number of nitrogens with one attached hydrogen (secondary N) is 1. The highest BCUT2D eigenvalue weighted by Gasteiger charge is 2.23. The van der Waals surface area contributed by atoms with Gasteiger partial charge in [-0.25, -0.2) is 0 Å². The van der Waals surface area contributed by atoms with Crippen LogP contribution < -0.4 is 10.1 Å². The van der Waals surface area contributed by atoms with Gasteiger partial charge in [-0.3, -0.25) is 0 Å². The van der Waals surface area contributed by atoms with E-state index in [1.807, 2.05) is 0 Å². The fourth-order valence-electron chi connectivity index (χ4n) is 2.83. The molecule has 0 aromatic heterocycles. The summed E-state index contributed by atoms with van der Waals surface area (Å²) in [6.45, 7) is 9.00. The van der Waals surface area contributed by atoms with Crippen molar-refractivity contribution in [3.05, 3.63) is 26.6 Å². The summed E-state index contributed by atoms with van der Waals surface area (Å²) in [6, 6.07) is 4.90. The van der Waals surface area contributed by atoms with E-state index < -0.39 is 0 Å². The first kappa shape index (κ1) is 17.3. The quantitative estimate of drug-likeness (QED) is 0.752. The van der Waals surface area contributed by atoms with Crippen LogP contribution in [0.15, 0.2) is 21.1 Å². The van der Waals surface area contributed by atoms with Crippen molar-refractivity contribution >= 4 is 31.9 Å². The number of likely N-dealkylation sites (tertiary alicyclic amines) is 1. The first-order chi connectivity index (χ1) is 10.0. The summed E-state index contributed by atoms with van der Waals surface area (Å²) in [5.41, 5.74) is 1.26. The second-order valence-electron chi connectivity index (χ2n) is 5.97. The summed E-state index contributed by atoms with van der Waals surface area (Å²) in [4.78, 5) is 2.56. The Labute approximate surface area is 144 Å². The molecule has 1 aromatic rings. The highest BCUT2D eigenvalue weighted by atomic mass is 79.9. The van der Waals surface area contributed by atoms with Gasteiger partial charge < -0.3 is 15.0 Å². The van der Waals surface area contributed by atoms with E-state index in [2.05, 4.69) is 68.1 Å². The number of nitrogens with zero attached hydrogens (tertiary/aromatic N) is 1. The number of benzene rings is 1. The molecular formula is C16H24Br2N2O. The lowest BCUT2D eigenvalue weighted by Gasteiger charge is -2.20. The van der Waals surface area contributed by atoms with Crippen LogP contribution in [0.5, 0.6) is 5.75 Å². The summed E-state index contributed by atoms with van der Waals surface area (Å²) in [7, 11) is 1.68. The zero-order valence-corrected chi connectivity index (χ0v) is 16.1. The van der Waals surface area contributed by atoms with Gasteiger partial charge in [0.1, 0.15) is 5.75 Å². The number of ether oxygens (including phenoxy) is 1. The van der Waals surface area contributed by atoms with Gasteiger partial charge in [0.05, 0.1) is 16.1 Å². The van der Waals surface area contributed by atoms with Crippen LogP contribution >= 0.6 is 31.9 Å². The minimum absolute atomic E-state index is 0.670. The Morgan fingerprint density at radius 1 is 1.33 bits per heavy atom. The summed E-state index contributed by atoms with van der Waals surface area (Å²) >= 11 is 7.10. The minimum atomic E-state index is 0.670. The highest BCUT2D eigenvalue weighted by Crippen LogP contribution is 2.34. The van der Waals surface area contributed by atoms with E-state index in [0.29, 0.717) is 6.04 Å². The third-order valence-electron chi connectivity index (χ3n) is 4.07. The van der Waals surface area contributed by atoms with Gasteiger partial charge in [-0.2, -0.15) is 0 Å². The average Bonchev–Trinajstić information content (AvgIpc) is 2.87. The molecule has 1 N–H and O–H groups in total. The first-order valence-corrected chi connectivity index (χ1v) is 9.06. The Kier molecular flexibility index (Phi) is 6.53. The van der Waals surface area contributed by atoms with Gasteiger partial charge in [0.15, 0.2) is 0 Å². The Balaban J connectivity index is 1.82. The molecule has 1 fully saturated rings. The maximum absolute atomic E-state index is 5.33. The average molecular weight is 420 g/mol. The molecule has 1 aliphatic heterocycles. The van der Waals surface area contributed by atoms with Crippen LogP contribution in [-0.4, -0.2) is 37.7 Å². The molecule has 3 nitrogen and oxygen atoms in total. The molecule has 0 bridgehead atoms. The number of methoxy groups -OCH3 is 1. The van der Waals surface area contributed by atoms with E-state index in [4.69, 9.17) is 4.74 Å². The topological polar surface area (TPSA) is 24.5 Å². The van der Waals surface area contributed by atoms with Crippen LogP contribution in [0.1, 0.15) is 25.8 Å². The highest BCUT2D eigenvalue weighted by molar-refractivity contribution is 9.11. The minimum Gasteiger partial charge on any atom is -0.494 e. The molecule has 1 unspecified atom stereocenters. The van der Waals surface area contributed by atoms with Crippen LogP contribution in [0.3, 0.4) is 0 Å². The van der Waals surface area contributed by atoms with Crippen molar-refractivity contribution in [1.29, 1.82) is 0 Å². The predicted octanol–water partition coefficient (Wildman–Crippen LogP) is 4.04. The Bertz CT molecular complexity index is 456. The van der Waals surface area contributed by atoms with Gasteiger partial charge in [0.2, 0.25) is 0 Å². The second kappa shape index (κ2) is 7.95. The first-order valence-electron chi connectivity index (χ1n) is 7.48. The SMILES string of the molecule is COc1c(Br)cc(CNCC2CCN(C(C)C)C2)cc1Br. The standard InChI is InChI=1S/C16H24Br2N2O/c1-11(2)20-5-4-12(10-20)8-19-9-13-6-14(17)16(21-3)15(18)7-13/h6-7,11-12,19H,4-5,8-10H2,1-3H3. The van der Waals surface area contributed by atoms with Crippen molar-refractivity contribution in [2.24, 2.45) is 5.92 Å². The van der Waals surface area contributed by atoms with E-state index in [9.17, 15) is 0 Å². The zero-order valence-electron chi connectivity index (χ0n) is 13.0. The van der Waals surface area contributed by atoms with E-state index >= 15 is 0 Å². The van der Waals surface area contributed by atoms with Crippen molar-refractivity contribution in [3.63, 3.8) is 0 Å². The van der Waals surface area contributed by atoms with Crippen LogP contribution in [-0.2, 0) is 6.54 Å². The predicted molar refractivity (Wildman–Crippen MR) is 94.9 cm³/mol. The Morgan fingerprint density at radius 2 is 2.00 bits per heavy atom. The molecule has 1 heterocycles. The number of hydrogen-bond donors (Lipinski definition) is 1. The molecule has 21 heavy (non-hydrogen) atoms. The van der Waals surface area contributed by atoms with Crippen LogP contribution in [0.4, 0.5) is 0 Å². The lowest BCUT2D eigenvalue weighted by Crippen LogP contribution is -2.30. The number of hydrogen-bond acceptors (Lipinski definition) is 3. The van der Waals surface area contributed by atoms with Gasteiger partial charge in [0.25, 0.3) is 0 Å². The van der Waals surface area contributed by atoms with E-state index in [1.165, 1.54) is 25.1 Å². The summed E-state index contributed by atoms with van der Waals surface area (Å²) in [5.74, 6) is 1.62. The van der Waals surface area contributed by atoms with Crippen molar-refractivity contribution in [2.75, 3.05) is 26.7 Å². The molecule has 118 valence electrons. The monoisotopic (exact) mass is 418 g/mol. The molecule has 0 spiro atoms. The molecule has 0 amide bonds. The fraction of sp³-hybridized carbons (Fsp3) is 0.625. The van der Waals surface area contributed by atoms with Crippen LogP contribution in [0, 0.1) is 5.92 Å². The third-order valence-corrected chi connectivity index (χ3v) is 5.25. The lowest BCUT2D eigenvalue weighted by atomic mass is 10.1. The lowest BCUT2D eigenvalue weighted by molar-refractivity contribution is 0.264. The molecule has 5 heteroatoms. The summed E-state index contributed by atoms with van der Waals surface area (Å²) < 4.78 is 7.31. The largest absolute Gasteiger partial charge is 0.494 e. The van der Waals surface area contributed by atoms with Crippen molar-refractivity contribution in [1.82, 2.24) is 10.2 Å². The molecule has 2 rings (SSSR count). The van der Waals surface area contributed by atoms with E-state index in [1.54, 1.807) is 7.11 Å². The van der Waals surface area contributed by atoms with Gasteiger partial charge in [-0.15, -0.1) is 0 Å². The van der Waals surface area contributed by atoms with E-state index in [-0.39, 0.29) is 0 Å². The van der Waals surface area contributed by atoms with Crippen LogP contribution in [0.2, 0.25) is 0 Å². The van der Waals surface area contributed by atoms with Gasteiger partial charge in [0, 0.05) is 19.1 Å². The Morgan fingerprint density at radius 3 is 2.52 bits per heavy atom. The second-order valence-corrected chi connectivity index (χ2v) is 7.68. The molecule has 0 aliphatic carbocycles. The molecule has 0 saturated carbocycles. The van der Waals surface area contributed by atoms with E-state index in [0.717, 1.165) is 33.7 Å². The molecular weight excluding hydrogens is 396 g/mol. The number of halogens is 2. The number of rotatable bonds is 6. The summed E-state index contributed by atoms with van der Waals surface area (Å²) in [5, 5.41) is 3.59. The maximum atomic E-state index is 5.33. The van der Waals surface area contributed by atoms with Crippen molar-refractivity contribution in [3.8, 4) is 5.75 Å². The fourth-order valence-corrected chi connectivity index (χ4v) is 4.43. The van der Waals surface area contributed by atoms with Crippen molar-refractivity contribution < 1.29 is 4.74 Å². The Hall–Kier alpha value is -0.100. The molecule has 1 aliphatic rings. The normalized spacial score (nSPS) is 19.4. The molecule has 1 saturated heterocycles. The maximum Gasteiger partial charge on any atom is 0.147 e. The summed E-state index contributed by atoms with van der Waals surface area (Å²) in [6.07, 6.45) is 1.31. The van der Waals surface area contributed by atoms with Crippen LogP contribution in [0.25, 0.3) is 0 Å². The third kappa shape index (κ3) is 4.68. The zero-order chi connectivity index (χ0) is 15.4. The molecule has 0 radical (unpaired) electrons. The van der Waals surface area contributed by atoms with Gasteiger partial charge in [-0.05, 0) is 88.8 Å². The molecule has 1 atom stereocenters. The van der Waals surface area contributed by atoms with Gasteiger partial charge >= 0.3 is 0 Å². The molecule has 1 aromatic carbocycles.